The smallest absolute Gasteiger partial charge is 0.329 e. The molecule has 2 nitrogen and oxygen atoms in total. The maximum Gasteiger partial charge on any atom is 0.389 e. The Kier molecular flexibility index (Phi) is 5.24. The highest BCUT2D eigenvalue weighted by Crippen LogP contribution is 2.21. The van der Waals surface area contributed by atoms with Crippen molar-refractivity contribution in [3.05, 3.63) is 0 Å². The summed E-state index contributed by atoms with van der Waals surface area (Å²) in [7, 11) is 1.77. The van der Waals surface area contributed by atoms with Gasteiger partial charge in [0.05, 0.1) is 0 Å². The summed E-state index contributed by atoms with van der Waals surface area (Å²) in [6.45, 7) is 1.59. The molecule has 5 heteroatoms. The van der Waals surface area contributed by atoms with E-state index in [1.165, 1.54) is 0 Å². The molecule has 0 bridgehead atoms. The van der Waals surface area contributed by atoms with E-state index < -0.39 is 12.6 Å². The first-order valence-electron chi connectivity index (χ1n) is 3.91. The molecule has 0 heterocycles. The predicted molar refractivity (Wildman–Crippen MR) is 41.8 cm³/mol. The zero-order valence-corrected chi connectivity index (χ0v) is 7.19. The quantitative estimate of drug-likeness (QED) is 0.696. The average molecular weight is 184 g/mol. The lowest BCUT2D eigenvalue weighted by Gasteiger charge is -2.15. The summed E-state index contributed by atoms with van der Waals surface area (Å²) in [6.07, 6.45) is -4.58. The summed E-state index contributed by atoms with van der Waals surface area (Å²) in [6, 6.07) is 0. The lowest BCUT2D eigenvalue weighted by Crippen LogP contribution is -2.27. The van der Waals surface area contributed by atoms with E-state index in [4.69, 9.17) is 5.73 Å². The van der Waals surface area contributed by atoms with Crippen LogP contribution in [0.2, 0.25) is 0 Å². The Hall–Kier alpha value is -0.290. The van der Waals surface area contributed by atoms with Gasteiger partial charge >= 0.3 is 6.18 Å². The van der Waals surface area contributed by atoms with Crippen LogP contribution in [0.5, 0.6) is 0 Å². The van der Waals surface area contributed by atoms with Crippen LogP contribution in [0.1, 0.15) is 12.8 Å². The van der Waals surface area contributed by atoms with Crippen LogP contribution < -0.4 is 5.73 Å². The van der Waals surface area contributed by atoms with E-state index in [1.807, 2.05) is 0 Å². The molecule has 0 fully saturated rings. The minimum atomic E-state index is -4.02. The van der Waals surface area contributed by atoms with Crippen molar-refractivity contribution >= 4 is 0 Å². The van der Waals surface area contributed by atoms with Crippen LogP contribution in [0.15, 0.2) is 0 Å². The summed E-state index contributed by atoms with van der Waals surface area (Å²) in [5, 5.41) is 0. The Morgan fingerprint density at radius 1 is 1.25 bits per heavy atom. The number of hydrogen-bond acceptors (Lipinski definition) is 2. The number of likely N-dealkylation sites (N-methyl/N-ethyl adjacent to an activating group) is 1. The number of nitrogens with two attached hydrogens (primary N) is 1. The minimum absolute atomic E-state index is 0.153. The Balaban J connectivity index is 3.31. The number of nitrogens with zero attached hydrogens (tertiary/aromatic N) is 1. The van der Waals surface area contributed by atoms with Gasteiger partial charge in [-0.25, -0.2) is 0 Å². The van der Waals surface area contributed by atoms with Crippen molar-refractivity contribution in [1.82, 2.24) is 4.90 Å². The van der Waals surface area contributed by atoms with Gasteiger partial charge < -0.3 is 10.6 Å². The molecular weight excluding hydrogens is 169 g/mol. The molecule has 0 saturated carbocycles. The maximum atomic E-state index is 11.6. The van der Waals surface area contributed by atoms with Crippen LogP contribution in [0, 0.1) is 0 Å². The fourth-order valence-electron chi connectivity index (χ4n) is 0.882. The predicted octanol–water partition coefficient (Wildman–Crippen LogP) is 1.22. The monoisotopic (exact) mass is 184 g/mol. The number of halogens is 3. The van der Waals surface area contributed by atoms with Gasteiger partial charge in [0, 0.05) is 19.5 Å². The van der Waals surface area contributed by atoms with Gasteiger partial charge in [0.25, 0.3) is 0 Å². The molecule has 0 radical (unpaired) electrons. The van der Waals surface area contributed by atoms with Crippen molar-refractivity contribution in [3.63, 3.8) is 0 Å². The first-order chi connectivity index (χ1) is 5.45. The molecular formula is C7H15F3N2. The van der Waals surface area contributed by atoms with Crippen LogP contribution in [0.3, 0.4) is 0 Å². The molecule has 2 N–H and O–H groups in total. The molecule has 0 aromatic rings. The minimum Gasteiger partial charge on any atom is -0.329 e. The third kappa shape index (κ3) is 7.81. The molecule has 0 aromatic heterocycles. The van der Waals surface area contributed by atoms with Crippen LogP contribution >= 0.6 is 0 Å². The van der Waals surface area contributed by atoms with Crippen LogP contribution in [0.4, 0.5) is 13.2 Å². The Bertz CT molecular complexity index is 114. The standard InChI is InChI=1S/C7H15F3N2/c1-12(6-4-11)5-2-3-7(8,9)10/h2-6,11H2,1H3. The third-order valence-electron chi connectivity index (χ3n) is 1.51. The molecule has 0 spiro atoms. The fraction of sp³-hybridized carbons (Fsp3) is 1.00. The van der Waals surface area contributed by atoms with Gasteiger partial charge in [-0.3, -0.25) is 0 Å². The lowest BCUT2D eigenvalue weighted by molar-refractivity contribution is -0.136. The van der Waals surface area contributed by atoms with Gasteiger partial charge in [0.1, 0.15) is 0 Å². The normalized spacial score (nSPS) is 12.5. The molecule has 0 amide bonds. The van der Waals surface area contributed by atoms with Gasteiger partial charge in [-0.1, -0.05) is 0 Å². The Morgan fingerprint density at radius 3 is 2.25 bits per heavy atom. The van der Waals surface area contributed by atoms with Gasteiger partial charge in [0.15, 0.2) is 0 Å². The molecule has 0 saturated heterocycles. The van der Waals surface area contributed by atoms with E-state index >= 15 is 0 Å². The summed E-state index contributed by atoms with van der Waals surface area (Å²) in [4.78, 5) is 1.80. The molecule has 12 heavy (non-hydrogen) atoms. The number of hydrogen-bond donors (Lipinski definition) is 1. The molecule has 0 aliphatic carbocycles. The number of alkyl halides is 3. The summed E-state index contributed by atoms with van der Waals surface area (Å²) >= 11 is 0. The largest absolute Gasteiger partial charge is 0.389 e. The molecule has 0 rings (SSSR count). The van der Waals surface area contributed by atoms with E-state index in [0.717, 1.165) is 0 Å². The zero-order chi connectivity index (χ0) is 9.61. The van der Waals surface area contributed by atoms with Gasteiger partial charge in [-0.2, -0.15) is 13.2 Å². The third-order valence-corrected chi connectivity index (χ3v) is 1.51. The van der Waals surface area contributed by atoms with Crippen molar-refractivity contribution in [2.75, 3.05) is 26.7 Å². The first kappa shape index (κ1) is 11.7. The van der Waals surface area contributed by atoms with Crippen LogP contribution in [-0.4, -0.2) is 37.8 Å². The highest BCUT2D eigenvalue weighted by Gasteiger charge is 2.25. The van der Waals surface area contributed by atoms with Crippen molar-refractivity contribution in [3.8, 4) is 0 Å². The maximum absolute atomic E-state index is 11.6. The topological polar surface area (TPSA) is 29.3 Å². The van der Waals surface area contributed by atoms with Crippen molar-refractivity contribution < 1.29 is 13.2 Å². The number of rotatable bonds is 5. The molecule has 0 aromatic carbocycles. The SMILES string of the molecule is CN(CCN)CCCC(F)(F)F. The highest BCUT2D eigenvalue weighted by atomic mass is 19.4. The van der Waals surface area contributed by atoms with E-state index in [9.17, 15) is 13.2 Å². The molecule has 0 aliphatic rings. The summed E-state index contributed by atoms with van der Waals surface area (Å²) in [5.41, 5.74) is 5.22. The second-order valence-electron chi connectivity index (χ2n) is 2.81. The second kappa shape index (κ2) is 5.37. The van der Waals surface area contributed by atoms with E-state index in [0.29, 0.717) is 19.6 Å². The zero-order valence-electron chi connectivity index (χ0n) is 7.19. The van der Waals surface area contributed by atoms with Crippen LogP contribution in [0.25, 0.3) is 0 Å². The first-order valence-corrected chi connectivity index (χ1v) is 3.91. The molecule has 74 valence electrons. The van der Waals surface area contributed by atoms with Gasteiger partial charge in [-0.15, -0.1) is 0 Å². The van der Waals surface area contributed by atoms with Crippen molar-refractivity contribution in [1.29, 1.82) is 0 Å². The molecule has 0 atom stereocenters. The van der Waals surface area contributed by atoms with Crippen LogP contribution in [-0.2, 0) is 0 Å². The van der Waals surface area contributed by atoms with E-state index in [1.54, 1.807) is 11.9 Å². The summed E-state index contributed by atoms with van der Waals surface area (Å²) in [5.74, 6) is 0. The van der Waals surface area contributed by atoms with E-state index in [2.05, 4.69) is 0 Å². The summed E-state index contributed by atoms with van der Waals surface area (Å²) < 4.78 is 34.9. The lowest BCUT2D eigenvalue weighted by atomic mass is 10.3. The fourth-order valence-corrected chi connectivity index (χ4v) is 0.882. The Labute approximate surface area is 70.5 Å². The highest BCUT2D eigenvalue weighted by molar-refractivity contribution is 4.56. The molecule has 0 aliphatic heterocycles. The Morgan fingerprint density at radius 2 is 1.83 bits per heavy atom. The second-order valence-corrected chi connectivity index (χ2v) is 2.81. The van der Waals surface area contributed by atoms with E-state index in [-0.39, 0.29) is 6.42 Å². The van der Waals surface area contributed by atoms with Gasteiger partial charge in [-0.05, 0) is 20.0 Å². The molecule has 0 unspecified atom stereocenters. The van der Waals surface area contributed by atoms with Crippen molar-refractivity contribution in [2.24, 2.45) is 5.73 Å². The van der Waals surface area contributed by atoms with Crippen molar-refractivity contribution in [2.45, 2.75) is 19.0 Å². The van der Waals surface area contributed by atoms with Gasteiger partial charge in [0.2, 0.25) is 0 Å². The average Bonchev–Trinajstić information content (AvgIpc) is 1.84.